The van der Waals surface area contributed by atoms with E-state index in [0.29, 0.717) is 10.0 Å². The molecule has 2 aromatic carbocycles. The van der Waals surface area contributed by atoms with Gasteiger partial charge in [-0.1, -0.05) is 41.4 Å². The lowest BCUT2D eigenvalue weighted by atomic mass is 10.0. The minimum absolute atomic E-state index is 0.177. The average molecular weight is 322 g/mol. The maximum Gasteiger partial charge on any atom is 0.0468 e. The summed E-state index contributed by atoms with van der Waals surface area (Å²) in [4.78, 5) is 0. The van der Waals surface area contributed by atoms with E-state index in [4.69, 9.17) is 23.2 Å². The van der Waals surface area contributed by atoms with Crippen LogP contribution in [0.1, 0.15) is 40.8 Å². The zero-order valence-corrected chi connectivity index (χ0v) is 14.4. The highest BCUT2D eigenvalue weighted by molar-refractivity contribution is 6.35. The molecule has 112 valence electrons. The fourth-order valence-corrected chi connectivity index (χ4v) is 3.01. The Bertz CT molecular complexity index is 650. The molecule has 0 amide bonds. The summed E-state index contributed by atoms with van der Waals surface area (Å²) in [6, 6.07) is 10.3. The molecule has 0 aliphatic carbocycles. The highest BCUT2D eigenvalue weighted by atomic mass is 35.5. The zero-order valence-electron chi connectivity index (χ0n) is 12.9. The van der Waals surface area contributed by atoms with Crippen molar-refractivity contribution in [2.75, 3.05) is 0 Å². The van der Waals surface area contributed by atoms with Gasteiger partial charge in [0.25, 0.3) is 0 Å². The van der Waals surface area contributed by atoms with Crippen LogP contribution in [-0.4, -0.2) is 0 Å². The summed E-state index contributed by atoms with van der Waals surface area (Å²) >= 11 is 12.2. The van der Waals surface area contributed by atoms with Crippen molar-refractivity contribution < 1.29 is 0 Å². The molecule has 2 aromatic rings. The van der Waals surface area contributed by atoms with Crippen LogP contribution < -0.4 is 5.32 Å². The minimum Gasteiger partial charge on any atom is -0.306 e. The monoisotopic (exact) mass is 321 g/mol. The van der Waals surface area contributed by atoms with Gasteiger partial charge in [0, 0.05) is 22.6 Å². The standard InChI is InChI=1S/C18H21Cl2N/c1-11-7-13(3)15(8-12(11)2)10-21-14(4)17-6-5-16(19)9-18(17)20/h5-9,14,21H,10H2,1-4H3. The normalized spacial score (nSPS) is 12.5. The summed E-state index contributed by atoms with van der Waals surface area (Å²) in [5, 5.41) is 4.91. The van der Waals surface area contributed by atoms with Gasteiger partial charge in [-0.3, -0.25) is 0 Å². The second kappa shape index (κ2) is 6.83. The van der Waals surface area contributed by atoms with Gasteiger partial charge in [-0.15, -0.1) is 0 Å². The third kappa shape index (κ3) is 4.00. The van der Waals surface area contributed by atoms with E-state index in [2.05, 4.69) is 45.1 Å². The number of hydrogen-bond donors (Lipinski definition) is 1. The van der Waals surface area contributed by atoms with Crippen molar-refractivity contribution in [2.45, 2.75) is 40.3 Å². The van der Waals surface area contributed by atoms with Crippen LogP contribution in [0.5, 0.6) is 0 Å². The van der Waals surface area contributed by atoms with Crippen molar-refractivity contribution in [3.63, 3.8) is 0 Å². The number of aryl methyl sites for hydroxylation is 3. The Kier molecular flexibility index (Phi) is 5.32. The summed E-state index contributed by atoms with van der Waals surface area (Å²) in [7, 11) is 0. The molecule has 0 aromatic heterocycles. The van der Waals surface area contributed by atoms with Gasteiger partial charge in [-0.05, 0) is 67.6 Å². The van der Waals surface area contributed by atoms with E-state index in [1.807, 2.05) is 12.1 Å². The molecule has 0 saturated carbocycles. The third-order valence-electron chi connectivity index (χ3n) is 3.98. The Labute approximate surface area is 137 Å². The molecule has 1 unspecified atom stereocenters. The van der Waals surface area contributed by atoms with Crippen LogP contribution in [-0.2, 0) is 6.54 Å². The Balaban J connectivity index is 2.11. The Morgan fingerprint density at radius 3 is 2.29 bits per heavy atom. The smallest absolute Gasteiger partial charge is 0.0468 e. The topological polar surface area (TPSA) is 12.0 Å². The molecular weight excluding hydrogens is 301 g/mol. The lowest BCUT2D eigenvalue weighted by Crippen LogP contribution is -2.19. The Hall–Kier alpha value is -1.02. The van der Waals surface area contributed by atoms with Gasteiger partial charge in [0.2, 0.25) is 0 Å². The Morgan fingerprint density at radius 2 is 1.62 bits per heavy atom. The lowest BCUT2D eigenvalue weighted by molar-refractivity contribution is 0.573. The molecule has 0 heterocycles. The molecule has 2 rings (SSSR count). The molecular formula is C18H21Cl2N. The Morgan fingerprint density at radius 1 is 0.952 bits per heavy atom. The van der Waals surface area contributed by atoms with Crippen molar-refractivity contribution in [2.24, 2.45) is 0 Å². The van der Waals surface area contributed by atoms with Gasteiger partial charge in [-0.25, -0.2) is 0 Å². The summed E-state index contributed by atoms with van der Waals surface area (Å²) in [5.74, 6) is 0. The SMILES string of the molecule is Cc1cc(C)c(CNC(C)c2ccc(Cl)cc2Cl)cc1C. The molecule has 0 saturated heterocycles. The number of benzene rings is 2. The number of halogens is 2. The van der Waals surface area contributed by atoms with E-state index in [-0.39, 0.29) is 6.04 Å². The highest BCUT2D eigenvalue weighted by Gasteiger charge is 2.10. The van der Waals surface area contributed by atoms with E-state index >= 15 is 0 Å². The fraction of sp³-hybridized carbons (Fsp3) is 0.333. The average Bonchev–Trinajstić information content (AvgIpc) is 2.41. The van der Waals surface area contributed by atoms with Crippen molar-refractivity contribution >= 4 is 23.2 Å². The molecule has 1 nitrogen and oxygen atoms in total. The molecule has 0 bridgehead atoms. The van der Waals surface area contributed by atoms with Crippen LogP contribution in [0.4, 0.5) is 0 Å². The first-order valence-corrected chi connectivity index (χ1v) is 7.89. The van der Waals surface area contributed by atoms with E-state index in [0.717, 1.165) is 12.1 Å². The minimum atomic E-state index is 0.177. The maximum atomic E-state index is 6.26. The van der Waals surface area contributed by atoms with Crippen LogP contribution in [0, 0.1) is 20.8 Å². The zero-order chi connectivity index (χ0) is 15.6. The lowest BCUT2D eigenvalue weighted by Gasteiger charge is -2.17. The van der Waals surface area contributed by atoms with Crippen molar-refractivity contribution in [1.29, 1.82) is 0 Å². The van der Waals surface area contributed by atoms with E-state index in [1.54, 1.807) is 6.07 Å². The number of hydrogen-bond acceptors (Lipinski definition) is 1. The fourth-order valence-electron chi connectivity index (χ4n) is 2.44. The van der Waals surface area contributed by atoms with Gasteiger partial charge in [-0.2, -0.15) is 0 Å². The van der Waals surface area contributed by atoms with E-state index < -0.39 is 0 Å². The van der Waals surface area contributed by atoms with Crippen molar-refractivity contribution in [1.82, 2.24) is 5.32 Å². The summed E-state index contributed by atoms with van der Waals surface area (Å²) in [5.41, 5.74) is 6.39. The van der Waals surface area contributed by atoms with Crippen LogP contribution in [0.15, 0.2) is 30.3 Å². The van der Waals surface area contributed by atoms with Crippen molar-refractivity contribution in [3.05, 3.63) is 68.2 Å². The molecule has 0 aliphatic heterocycles. The second-order valence-corrected chi connectivity index (χ2v) is 6.48. The van der Waals surface area contributed by atoms with Crippen LogP contribution in [0.2, 0.25) is 10.0 Å². The van der Waals surface area contributed by atoms with Crippen LogP contribution in [0.25, 0.3) is 0 Å². The van der Waals surface area contributed by atoms with Crippen LogP contribution in [0.3, 0.4) is 0 Å². The van der Waals surface area contributed by atoms with E-state index in [9.17, 15) is 0 Å². The molecule has 1 atom stereocenters. The molecule has 0 aliphatic rings. The highest BCUT2D eigenvalue weighted by Crippen LogP contribution is 2.26. The number of rotatable bonds is 4. The quantitative estimate of drug-likeness (QED) is 0.753. The first kappa shape index (κ1) is 16.4. The van der Waals surface area contributed by atoms with Gasteiger partial charge in [0.1, 0.15) is 0 Å². The summed E-state index contributed by atoms with van der Waals surface area (Å²) in [6.45, 7) is 9.40. The molecule has 0 spiro atoms. The third-order valence-corrected chi connectivity index (χ3v) is 4.54. The predicted octanol–water partition coefficient (Wildman–Crippen LogP) is 5.77. The van der Waals surface area contributed by atoms with Gasteiger partial charge < -0.3 is 5.32 Å². The number of nitrogens with one attached hydrogen (secondary N) is 1. The molecule has 0 fully saturated rings. The largest absolute Gasteiger partial charge is 0.306 e. The van der Waals surface area contributed by atoms with Crippen molar-refractivity contribution in [3.8, 4) is 0 Å². The first-order valence-electron chi connectivity index (χ1n) is 7.13. The molecule has 0 radical (unpaired) electrons. The van der Waals surface area contributed by atoms with Crippen LogP contribution >= 0.6 is 23.2 Å². The van der Waals surface area contributed by atoms with Gasteiger partial charge in [0.15, 0.2) is 0 Å². The first-order chi connectivity index (χ1) is 9.88. The van der Waals surface area contributed by atoms with E-state index in [1.165, 1.54) is 22.3 Å². The van der Waals surface area contributed by atoms with Gasteiger partial charge >= 0.3 is 0 Å². The van der Waals surface area contributed by atoms with Gasteiger partial charge in [0.05, 0.1) is 0 Å². The molecule has 21 heavy (non-hydrogen) atoms. The predicted molar refractivity (Wildman–Crippen MR) is 92.4 cm³/mol. The molecule has 1 N–H and O–H groups in total. The maximum absolute atomic E-state index is 6.26. The second-order valence-electron chi connectivity index (χ2n) is 5.63. The summed E-state index contributed by atoms with van der Waals surface area (Å²) < 4.78 is 0. The molecule has 3 heteroatoms. The summed E-state index contributed by atoms with van der Waals surface area (Å²) in [6.07, 6.45) is 0.